The SMILES string of the molecule is CCCCC(C(=O)OC)c1ccc(OCC)cc1. The largest absolute Gasteiger partial charge is 0.494 e. The van der Waals surface area contributed by atoms with Crippen molar-refractivity contribution in [3.05, 3.63) is 29.8 Å². The lowest BCUT2D eigenvalue weighted by Crippen LogP contribution is -2.14. The smallest absolute Gasteiger partial charge is 0.313 e. The highest BCUT2D eigenvalue weighted by molar-refractivity contribution is 5.78. The number of methoxy groups -OCH3 is 1. The van der Waals surface area contributed by atoms with Gasteiger partial charge in [0.25, 0.3) is 0 Å². The van der Waals surface area contributed by atoms with Crippen molar-refractivity contribution in [2.75, 3.05) is 13.7 Å². The fourth-order valence-electron chi connectivity index (χ4n) is 1.93. The number of unbranched alkanes of at least 4 members (excludes halogenated alkanes) is 1. The quantitative estimate of drug-likeness (QED) is 0.694. The molecule has 18 heavy (non-hydrogen) atoms. The normalized spacial score (nSPS) is 11.9. The predicted octanol–water partition coefficient (Wildman–Crippen LogP) is 3.53. The van der Waals surface area contributed by atoms with Crippen molar-refractivity contribution in [2.24, 2.45) is 0 Å². The predicted molar refractivity (Wildman–Crippen MR) is 71.9 cm³/mol. The molecule has 1 aromatic rings. The summed E-state index contributed by atoms with van der Waals surface area (Å²) in [5.41, 5.74) is 0.999. The molecule has 1 aromatic carbocycles. The number of carbonyl (C=O) groups excluding carboxylic acids is 1. The topological polar surface area (TPSA) is 35.5 Å². The van der Waals surface area contributed by atoms with Crippen LogP contribution in [0.2, 0.25) is 0 Å². The maximum Gasteiger partial charge on any atom is 0.313 e. The standard InChI is InChI=1S/C15H22O3/c1-4-6-7-14(15(16)17-3)12-8-10-13(11-9-12)18-5-2/h8-11,14H,4-7H2,1-3H3. The van der Waals surface area contributed by atoms with Crippen molar-refractivity contribution in [3.63, 3.8) is 0 Å². The maximum absolute atomic E-state index is 11.8. The van der Waals surface area contributed by atoms with Gasteiger partial charge in [0.1, 0.15) is 5.75 Å². The van der Waals surface area contributed by atoms with Crippen molar-refractivity contribution < 1.29 is 14.3 Å². The Balaban J connectivity index is 2.80. The molecule has 0 bridgehead atoms. The molecule has 1 unspecified atom stereocenters. The summed E-state index contributed by atoms with van der Waals surface area (Å²) < 4.78 is 10.3. The van der Waals surface area contributed by atoms with E-state index in [0.29, 0.717) is 6.61 Å². The Morgan fingerprint density at radius 3 is 2.39 bits per heavy atom. The summed E-state index contributed by atoms with van der Waals surface area (Å²) in [6.45, 7) is 4.72. The molecule has 0 aromatic heterocycles. The van der Waals surface area contributed by atoms with Crippen molar-refractivity contribution in [1.29, 1.82) is 0 Å². The zero-order valence-electron chi connectivity index (χ0n) is 11.4. The summed E-state index contributed by atoms with van der Waals surface area (Å²) in [5.74, 6) is 0.513. The van der Waals surface area contributed by atoms with Crippen LogP contribution in [0.5, 0.6) is 5.75 Å². The van der Waals surface area contributed by atoms with Crippen LogP contribution in [0, 0.1) is 0 Å². The van der Waals surface area contributed by atoms with E-state index >= 15 is 0 Å². The van der Waals surface area contributed by atoms with Gasteiger partial charge in [0, 0.05) is 0 Å². The summed E-state index contributed by atoms with van der Waals surface area (Å²) in [7, 11) is 1.44. The minimum absolute atomic E-state index is 0.160. The molecule has 3 nitrogen and oxygen atoms in total. The lowest BCUT2D eigenvalue weighted by molar-refractivity contribution is -0.142. The molecule has 0 aliphatic heterocycles. The molecule has 0 radical (unpaired) electrons. The van der Waals surface area contributed by atoms with E-state index in [0.717, 1.165) is 30.6 Å². The second-order valence-electron chi connectivity index (χ2n) is 4.22. The van der Waals surface area contributed by atoms with Gasteiger partial charge in [-0.05, 0) is 31.0 Å². The Bertz CT molecular complexity index is 357. The van der Waals surface area contributed by atoms with Crippen LogP contribution in [0.25, 0.3) is 0 Å². The molecule has 0 saturated carbocycles. The third-order valence-electron chi connectivity index (χ3n) is 2.93. The van der Waals surface area contributed by atoms with E-state index in [1.54, 1.807) is 0 Å². The number of hydrogen-bond donors (Lipinski definition) is 0. The molecule has 3 heteroatoms. The second-order valence-corrected chi connectivity index (χ2v) is 4.22. The summed E-state index contributed by atoms with van der Waals surface area (Å²) in [4.78, 5) is 11.8. The van der Waals surface area contributed by atoms with Crippen molar-refractivity contribution in [1.82, 2.24) is 0 Å². The molecule has 0 aliphatic rings. The van der Waals surface area contributed by atoms with Crippen LogP contribution in [0.3, 0.4) is 0 Å². The summed E-state index contributed by atoms with van der Waals surface area (Å²) in [5, 5.41) is 0. The fourth-order valence-corrected chi connectivity index (χ4v) is 1.93. The van der Waals surface area contributed by atoms with Crippen LogP contribution in [-0.2, 0) is 9.53 Å². The Kier molecular flexibility index (Phi) is 6.26. The van der Waals surface area contributed by atoms with Crippen LogP contribution in [0.1, 0.15) is 44.6 Å². The third kappa shape index (κ3) is 4.06. The van der Waals surface area contributed by atoms with Gasteiger partial charge >= 0.3 is 5.97 Å². The van der Waals surface area contributed by atoms with Crippen LogP contribution in [-0.4, -0.2) is 19.7 Å². The first kappa shape index (κ1) is 14.6. The Labute approximate surface area is 109 Å². The van der Waals surface area contributed by atoms with Gasteiger partial charge in [-0.3, -0.25) is 4.79 Å². The first-order valence-corrected chi connectivity index (χ1v) is 6.53. The van der Waals surface area contributed by atoms with Gasteiger partial charge in [-0.25, -0.2) is 0 Å². The first-order chi connectivity index (χ1) is 8.72. The molecule has 100 valence electrons. The number of carbonyl (C=O) groups is 1. The molecule has 0 fully saturated rings. The molecular formula is C15H22O3. The van der Waals surface area contributed by atoms with E-state index in [9.17, 15) is 4.79 Å². The van der Waals surface area contributed by atoms with Crippen LogP contribution >= 0.6 is 0 Å². The van der Waals surface area contributed by atoms with E-state index in [2.05, 4.69) is 6.92 Å². The van der Waals surface area contributed by atoms with E-state index in [-0.39, 0.29) is 11.9 Å². The summed E-state index contributed by atoms with van der Waals surface area (Å²) in [6.07, 6.45) is 2.93. The molecule has 1 atom stereocenters. The van der Waals surface area contributed by atoms with E-state index in [1.165, 1.54) is 7.11 Å². The van der Waals surface area contributed by atoms with Crippen LogP contribution in [0.4, 0.5) is 0 Å². The number of hydrogen-bond acceptors (Lipinski definition) is 3. The average Bonchev–Trinajstić information content (AvgIpc) is 2.41. The van der Waals surface area contributed by atoms with Crippen LogP contribution < -0.4 is 4.74 Å². The number of rotatable bonds is 7. The van der Waals surface area contributed by atoms with Gasteiger partial charge in [-0.2, -0.15) is 0 Å². The van der Waals surface area contributed by atoms with Gasteiger partial charge < -0.3 is 9.47 Å². The van der Waals surface area contributed by atoms with Crippen molar-refractivity contribution >= 4 is 5.97 Å². The second kappa shape index (κ2) is 7.75. The van der Waals surface area contributed by atoms with Crippen molar-refractivity contribution in [3.8, 4) is 5.75 Å². The minimum atomic E-state index is -0.161. The monoisotopic (exact) mass is 250 g/mol. The minimum Gasteiger partial charge on any atom is -0.494 e. The maximum atomic E-state index is 11.8. The van der Waals surface area contributed by atoms with Crippen LogP contribution in [0.15, 0.2) is 24.3 Å². The molecule has 0 heterocycles. The van der Waals surface area contributed by atoms with Gasteiger partial charge in [0.05, 0.1) is 19.6 Å². The van der Waals surface area contributed by atoms with Gasteiger partial charge in [-0.1, -0.05) is 31.9 Å². The molecule has 0 N–H and O–H groups in total. The fraction of sp³-hybridized carbons (Fsp3) is 0.533. The Morgan fingerprint density at radius 2 is 1.89 bits per heavy atom. The highest BCUT2D eigenvalue weighted by atomic mass is 16.5. The van der Waals surface area contributed by atoms with E-state index in [4.69, 9.17) is 9.47 Å². The van der Waals surface area contributed by atoms with E-state index < -0.39 is 0 Å². The third-order valence-corrected chi connectivity index (χ3v) is 2.93. The van der Waals surface area contributed by atoms with Gasteiger partial charge in [-0.15, -0.1) is 0 Å². The van der Waals surface area contributed by atoms with E-state index in [1.807, 2.05) is 31.2 Å². The summed E-state index contributed by atoms with van der Waals surface area (Å²) >= 11 is 0. The molecule has 0 saturated heterocycles. The molecular weight excluding hydrogens is 228 g/mol. The molecule has 0 amide bonds. The van der Waals surface area contributed by atoms with Crippen molar-refractivity contribution in [2.45, 2.75) is 39.0 Å². The molecule has 1 rings (SSSR count). The zero-order chi connectivity index (χ0) is 13.4. The van der Waals surface area contributed by atoms with Gasteiger partial charge in [0.2, 0.25) is 0 Å². The highest BCUT2D eigenvalue weighted by Gasteiger charge is 2.20. The Hall–Kier alpha value is -1.51. The number of esters is 1. The molecule has 0 spiro atoms. The number of benzene rings is 1. The zero-order valence-corrected chi connectivity index (χ0v) is 11.4. The average molecular weight is 250 g/mol. The highest BCUT2D eigenvalue weighted by Crippen LogP contribution is 2.25. The number of ether oxygens (including phenoxy) is 2. The lowest BCUT2D eigenvalue weighted by Gasteiger charge is -2.15. The molecule has 0 aliphatic carbocycles. The first-order valence-electron chi connectivity index (χ1n) is 6.53. The lowest BCUT2D eigenvalue weighted by atomic mass is 9.93. The Morgan fingerprint density at radius 1 is 1.22 bits per heavy atom. The van der Waals surface area contributed by atoms with Gasteiger partial charge in [0.15, 0.2) is 0 Å². The summed E-state index contributed by atoms with van der Waals surface area (Å²) in [6, 6.07) is 7.70.